The van der Waals surface area contributed by atoms with E-state index in [9.17, 15) is 9.50 Å². The Morgan fingerprint density at radius 3 is 2.89 bits per heavy atom. The molecule has 3 rings (SSSR count). The molecule has 19 heavy (non-hydrogen) atoms. The first-order valence-electron chi connectivity index (χ1n) is 6.20. The van der Waals surface area contributed by atoms with Crippen molar-refractivity contribution >= 4 is 0 Å². The van der Waals surface area contributed by atoms with E-state index >= 15 is 0 Å². The molecule has 1 aliphatic heterocycles. The average Bonchev–Trinajstić information content (AvgIpc) is 2.40. The third-order valence-corrected chi connectivity index (χ3v) is 3.34. The van der Waals surface area contributed by atoms with Crippen LogP contribution in [0.3, 0.4) is 0 Å². The minimum absolute atomic E-state index is 0.249. The molecule has 0 amide bonds. The lowest BCUT2D eigenvalue weighted by molar-refractivity contribution is 0.0652. The number of halogens is 1. The summed E-state index contributed by atoms with van der Waals surface area (Å²) >= 11 is 0. The van der Waals surface area contributed by atoms with E-state index in [0.29, 0.717) is 17.7 Å². The van der Waals surface area contributed by atoms with Crippen molar-refractivity contribution in [2.75, 3.05) is 0 Å². The molecule has 98 valence electrons. The Balaban J connectivity index is 1.92. The fourth-order valence-corrected chi connectivity index (χ4v) is 2.29. The van der Waals surface area contributed by atoms with Gasteiger partial charge in [0, 0.05) is 29.4 Å². The summed E-state index contributed by atoms with van der Waals surface area (Å²) in [6, 6.07) is 8.06. The number of aryl methyl sites for hydroxylation is 1. The van der Waals surface area contributed by atoms with Gasteiger partial charge in [0.1, 0.15) is 17.7 Å². The normalized spacial score (nSPS) is 21.6. The summed E-state index contributed by atoms with van der Waals surface area (Å²) in [4.78, 5) is 4.23. The fraction of sp³-hybridized carbons (Fsp3) is 0.267. The van der Waals surface area contributed by atoms with Gasteiger partial charge in [0.15, 0.2) is 0 Å². The Bertz CT molecular complexity index is 598. The molecule has 1 unspecified atom stereocenters. The highest BCUT2D eigenvalue weighted by atomic mass is 19.1. The zero-order valence-electron chi connectivity index (χ0n) is 10.5. The molecule has 0 saturated heterocycles. The standard InChI is InChI=1S/C15H14FNO2/c1-9-2-3-10(8-17-9)15-7-13(18)12-6-11(16)4-5-14(12)19-15/h2-6,8,13,15,18H,7H2,1H3/t13-,15?/m0/s1. The second kappa shape index (κ2) is 4.63. The summed E-state index contributed by atoms with van der Waals surface area (Å²) in [6.45, 7) is 1.92. The van der Waals surface area contributed by atoms with Crippen LogP contribution in [0.5, 0.6) is 5.75 Å². The van der Waals surface area contributed by atoms with Crippen LogP contribution in [0, 0.1) is 12.7 Å². The molecular formula is C15H14FNO2. The number of aliphatic hydroxyl groups excluding tert-OH is 1. The Morgan fingerprint density at radius 1 is 1.32 bits per heavy atom. The summed E-state index contributed by atoms with van der Waals surface area (Å²) < 4.78 is 19.0. The summed E-state index contributed by atoms with van der Waals surface area (Å²) in [5.74, 6) is 0.169. The van der Waals surface area contributed by atoms with Crippen LogP contribution >= 0.6 is 0 Å². The molecule has 2 aromatic rings. The molecule has 0 radical (unpaired) electrons. The molecule has 2 heterocycles. The van der Waals surface area contributed by atoms with Gasteiger partial charge in [0.2, 0.25) is 0 Å². The second-order valence-corrected chi connectivity index (χ2v) is 4.77. The number of pyridine rings is 1. The highest BCUT2D eigenvalue weighted by Crippen LogP contribution is 2.40. The third kappa shape index (κ3) is 2.31. The van der Waals surface area contributed by atoms with Crippen molar-refractivity contribution in [2.45, 2.75) is 25.6 Å². The molecule has 0 saturated carbocycles. The van der Waals surface area contributed by atoms with E-state index in [0.717, 1.165) is 11.3 Å². The zero-order valence-corrected chi connectivity index (χ0v) is 10.5. The van der Waals surface area contributed by atoms with Gasteiger partial charge in [0.25, 0.3) is 0 Å². The quantitative estimate of drug-likeness (QED) is 0.855. The lowest BCUT2D eigenvalue weighted by atomic mass is 9.95. The van der Waals surface area contributed by atoms with Gasteiger partial charge in [-0.1, -0.05) is 6.07 Å². The Morgan fingerprint density at radius 2 is 2.16 bits per heavy atom. The number of ether oxygens (including phenoxy) is 1. The van der Waals surface area contributed by atoms with E-state index in [1.165, 1.54) is 12.1 Å². The van der Waals surface area contributed by atoms with E-state index < -0.39 is 6.10 Å². The fourth-order valence-electron chi connectivity index (χ4n) is 2.29. The van der Waals surface area contributed by atoms with E-state index in [-0.39, 0.29) is 11.9 Å². The minimum atomic E-state index is -0.717. The van der Waals surface area contributed by atoms with Crippen LogP contribution in [0.15, 0.2) is 36.5 Å². The first kappa shape index (κ1) is 12.1. The summed E-state index contributed by atoms with van der Waals surface area (Å²) in [5, 5.41) is 10.1. The molecule has 1 aliphatic rings. The smallest absolute Gasteiger partial charge is 0.128 e. The van der Waals surface area contributed by atoms with Gasteiger partial charge in [-0.2, -0.15) is 0 Å². The van der Waals surface area contributed by atoms with Gasteiger partial charge in [-0.3, -0.25) is 4.98 Å². The number of hydrogen-bond acceptors (Lipinski definition) is 3. The largest absolute Gasteiger partial charge is 0.485 e. The van der Waals surface area contributed by atoms with Crippen molar-refractivity contribution in [3.63, 3.8) is 0 Å². The van der Waals surface area contributed by atoms with Crippen LogP contribution in [0.4, 0.5) is 4.39 Å². The Labute approximate surface area is 110 Å². The number of hydrogen-bond donors (Lipinski definition) is 1. The molecule has 0 aliphatic carbocycles. The topological polar surface area (TPSA) is 42.4 Å². The van der Waals surface area contributed by atoms with Gasteiger partial charge in [-0.15, -0.1) is 0 Å². The molecular weight excluding hydrogens is 245 g/mol. The van der Waals surface area contributed by atoms with Gasteiger partial charge in [-0.25, -0.2) is 4.39 Å². The van der Waals surface area contributed by atoms with Crippen molar-refractivity contribution in [2.24, 2.45) is 0 Å². The summed E-state index contributed by atoms with van der Waals surface area (Å²) in [6.07, 6.45) is 1.19. The van der Waals surface area contributed by atoms with Gasteiger partial charge >= 0.3 is 0 Å². The molecule has 1 N–H and O–H groups in total. The maximum Gasteiger partial charge on any atom is 0.128 e. The van der Waals surface area contributed by atoms with Crippen molar-refractivity contribution < 1.29 is 14.2 Å². The molecule has 3 nitrogen and oxygen atoms in total. The summed E-state index contributed by atoms with van der Waals surface area (Å²) in [7, 11) is 0. The minimum Gasteiger partial charge on any atom is -0.485 e. The highest BCUT2D eigenvalue weighted by Gasteiger charge is 2.28. The SMILES string of the molecule is Cc1ccc(C2C[C@H](O)c3cc(F)ccc3O2)cn1. The highest BCUT2D eigenvalue weighted by molar-refractivity contribution is 5.38. The number of aromatic nitrogens is 1. The molecule has 2 atom stereocenters. The van der Waals surface area contributed by atoms with Crippen molar-refractivity contribution in [1.29, 1.82) is 0 Å². The van der Waals surface area contributed by atoms with E-state index in [1.807, 2.05) is 19.1 Å². The molecule has 0 spiro atoms. The third-order valence-electron chi connectivity index (χ3n) is 3.34. The van der Waals surface area contributed by atoms with Crippen molar-refractivity contribution in [1.82, 2.24) is 4.98 Å². The van der Waals surface area contributed by atoms with E-state index in [4.69, 9.17) is 4.74 Å². The molecule has 1 aromatic heterocycles. The second-order valence-electron chi connectivity index (χ2n) is 4.77. The maximum absolute atomic E-state index is 13.2. The predicted octanol–water partition coefficient (Wildman–Crippen LogP) is 3.09. The average molecular weight is 259 g/mol. The Hall–Kier alpha value is -1.94. The number of rotatable bonds is 1. The predicted molar refractivity (Wildman–Crippen MR) is 68.3 cm³/mol. The summed E-state index contributed by atoms with van der Waals surface area (Å²) in [5.41, 5.74) is 2.36. The maximum atomic E-state index is 13.2. The van der Waals surface area contributed by atoms with Crippen LogP contribution in [-0.2, 0) is 0 Å². The van der Waals surface area contributed by atoms with Gasteiger partial charge in [0.05, 0.1) is 6.10 Å². The number of benzene rings is 1. The molecule has 4 heteroatoms. The van der Waals surface area contributed by atoms with Crippen LogP contribution in [0.25, 0.3) is 0 Å². The van der Waals surface area contributed by atoms with Gasteiger partial charge in [-0.05, 0) is 31.2 Å². The van der Waals surface area contributed by atoms with Crippen LogP contribution in [0.1, 0.15) is 35.4 Å². The monoisotopic (exact) mass is 259 g/mol. The van der Waals surface area contributed by atoms with Crippen LogP contribution in [-0.4, -0.2) is 10.1 Å². The van der Waals surface area contributed by atoms with E-state index in [2.05, 4.69) is 4.98 Å². The van der Waals surface area contributed by atoms with E-state index in [1.54, 1.807) is 12.3 Å². The Kier molecular flexibility index (Phi) is 2.95. The van der Waals surface area contributed by atoms with Gasteiger partial charge < -0.3 is 9.84 Å². The number of fused-ring (bicyclic) bond motifs is 1. The first-order valence-corrected chi connectivity index (χ1v) is 6.20. The van der Waals surface area contributed by atoms with Crippen LogP contribution in [0.2, 0.25) is 0 Å². The zero-order chi connectivity index (χ0) is 13.4. The first-order chi connectivity index (χ1) is 9.13. The molecule has 0 fully saturated rings. The lowest BCUT2D eigenvalue weighted by Gasteiger charge is -2.29. The number of aliphatic hydroxyl groups is 1. The molecule has 1 aromatic carbocycles. The number of nitrogens with zero attached hydrogens (tertiary/aromatic N) is 1. The molecule has 0 bridgehead atoms. The van der Waals surface area contributed by atoms with Crippen molar-refractivity contribution in [3.05, 3.63) is 59.2 Å². The van der Waals surface area contributed by atoms with Crippen LogP contribution < -0.4 is 4.74 Å². The lowest BCUT2D eigenvalue weighted by Crippen LogP contribution is -2.19. The van der Waals surface area contributed by atoms with Crippen molar-refractivity contribution in [3.8, 4) is 5.75 Å².